The van der Waals surface area contributed by atoms with Gasteiger partial charge in [0, 0.05) is 15.7 Å². The van der Waals surface area contributed by atoms with E-state index in [1.165, 1.54) is 11.3 Å². The van der Waals surface area contributed by atoms with Crippen LogP contribution >= 0.6 is 24.0 Å². The zero-order valence-electron chi connectivity index (χ0n) is 6.69. The first-order valence-corrected chi connectivity index (χ1v) is 5.08. The number of phenols is 1. The molecule has 0 aliphatic heterocycles. The molecule has 13 heavy (non-hydrogen) atoms. The highest BCUT2D eigenvalue weighted by atomic mass is 32.1. The third-order valence-corrected chi connectivity index (χ3v) is 3.44. The van der Waals surface area contributed by atoms with Crippen molar-refractivity contribution in [2.45, 2.75) is 11.5 Å². The lowest BCUT2D eigenvalue weighted by Gasteiger charge is -1.99. The molecule has 0 saturated heterocycles. The summed E-state index contributed by atoms with van der Waals surface area (Å²) >= 11 is 5.70. The van der Waals surface area contributed by atoms with E-state index in [4.69, 9.17) is 5.11 Å². The SMILES string of the molecule is OCc1cc(O)c2scc(S)c2c1. The predicted octanol–water partition coefficient (Wildman–Crippen LogP) is 2.39. The fourth-order valence-electron chi connectivity index (χ4n) is 1.26. The number of phenolic OH excluding ortho intramolecular Hbond substituents is 1. The summed E-state index contributed by atoms with van der Waals surface area (Å²) in [4.78, 5) is 0.839. The van der Waals surface area contributed by atoms with Crippen molar-refractivity contribution in [3.63, 3.8) is 0 Å². The first-order valence-electron chi connectivity index (χ1n) is 3.75. The van der Waals surface area contributed by atoms with Crippen molar-refractivity contribution in [1.82, 2.24) is 0 Å². The molecule has 0 fully saturated rings. The van der Waals surface area contributed by atoms with Gasteiger partial charge >= 0.3 is 0 Å². The molecule has 2 aromatic rings. The molecule has 68 valence electrons. The molecule has 0 atom stereocenters. The summed E-state index contributed by atoms with van der Waals surface area (Å²) in [7, 11) is 0. The molecule has 2 nitrogen and oxygen atoms in total. The minimum absolute atomic E-state index is 0.0629. The highest BCUT2D eigenvalue weighted by Gasteiger charge is 2.06. The molecule has 1 aromatic heterocycles. The second-order valence-corrected chi connectivity index (χ2v) is 4.13. The summed E-state index contributed by atoms with van der Waals surface area (Å²) in [5.41, 5.74) is 0.707. The van der Waals surface area contributed by atoms with Crippen molar-refractivity contribution in [3.05, 3.63) is 23.1 Å². The van der Waals surface area contributed by atoms with Crippen LogP contribution in [0.4, 0.5) is 0 Å². The Hall–Kier alpha value is -0.710. The van der Waals surface area contributed by atoms with Crippen LogP contribution in [0.25, 0.3) is 10.1 Å². The molecule has 1 heterocycles. The molecular weight excluding hydrogens is 204 g/mol. The largest absolute Gasteiger partial charge is 0.506 e. The van der Waals surface area contributed by atoms with E-state index in [0.29, 0.717) is 5.56 Å². The van der Waals surface area contributed by atoms with Crippen molar-refractivity contribution >= 4 is 34.1 Å². The van der Waals surface area contributed by atoms with Gasteiger partial charge in [0.05, 0.1) is 11.3 Å². The van der Waals surface area contributed by atoms with Crippen LogP contribution in [-0.4, -0.2) is 10.2 Å². The summed E-state index contributed by atoms with van der Waals surface area (Å²) in [6, 6.07) is 3.42. The number of fused-ring (bicyclic) bond motifs is 1. The zero-order valence-corrected chi connectivity index (χ0v) is 8.40. The number of aliphatic hydroxyl groups excluding tert-OH is 1. The van der Waals surface area contributed by atoms with Crippen LogP contribution in [0.5, 0.6) is 5.75 Å². The number of thiol groups is 1. The van der Waals surface area contributed by atoms with E-state index < -0.39 is 0 Å². The Morgan fingerprint density at radius 3 is 2.85 bits per heavy atom. The number of aromatic hydroxyl groups is 1. The van der Waals surface area contributed by atoms with Crippen molar-refractivity contribution in [3.8, 4) is 5.75 Å². The molecule has 0 spiro atoms. The normalized spacial score (nSPS) is 10.9. The Kier molecular flexibility index (Phi) is 2.19. The van der Waals surface area contributed by atoms with Gasteiger partial charge in [0.1, 0.15) is 5.75 Å². The Labute approximate surface area is 84.9 Å². The maximum Gasteiger partial charge on any atom is 0.133 e. The van der Waals surface area contributed by atoms with Crippen LogP contribution in [0.15, 0.2) is 22.4 Å². The van der Waals surface area contributed by atoms with Crippen LogP contribution in [0, 0.1) is 0 Å². The van der Waals surface area contributed by atoms with Crippen LogP contribution in [0.2, 0.25) is 0 Å². The Morgan fingerprint density at radius 2 is 2.15 bits per heavy atom. The molecule has 4 heteroatoms. The minimum atomic E-state index is -0.0629. The van der Waals surface area contributed by atoms with Gasteiger partial charge in [-0.15, -0.1) is 24.0 Å². The van der Waals surface area contributed by atoms with E-state index in [9.17, 15) is 5.11 Å². The summed E-state index contributed by atoms with van der Waals surface area (Å²) in [5, 5.41) is 21.2. The Morgan fingerprint density at radius 1 is 1.38 bits per heavy atom. The smallest absolute Gasteiger partial charge is 0.133 e. The van der Waals surface area contributed by atoms with E-state index in [2.05, 4.69) is 12.6 Å². The van der Waals surface area contributed by atoms with E-state index in [1.807, 2.05) is 11.4 Å². The van der Waals surface area contributed by atoms with Crippen LogP contribution in [0.1, 0.15) is 5.56 Å². The number of thiophene rings is 1. The zero-order chi connectivity index (χ0) is 9.42. The molecule has 2 rings (SSSR count). The maximum atomic E-state index is 9.56. The lowest BCUT2D eigenvalue weighted by atomic mass is 10.1. The van der Waals surface area contributed by atoms with Crippen molar-refractivity contribution in [1.29, 1.82) is 0 Å². The molecule has 0 radical (unpaired) electrons. The molecule has 0 aliphatic rings. The first-order chi connectivity index (χ1) is 6.22. The van der Waals surface area contributed by atoms with Gasteiger partial charge in [0.2, 0.25) is 0 Å². The van der Waals surface area contributed by atoms with Crippen LogP contribution in [-0.2, 0) is 6.61 Å². The van der Waals surface area contributed by atoms with Crippen molar-refractivity contribution in [2.75, 3.05) is 0 Å². The molecule has 0 aliphatic carbocycles. The molecule has 0 saturated carbocycles. The van der Waals surface area contributed by atoms with E-state index in [-0.39, 0.29) is 12.4 Å². The fourth-order valence-corrected chi connectivity index (χ4v) is 2.50. The maximum absolute atomic E-state index is 9.56. The number of hydrogen-bond acceptors (Lipinski definition) is 4. The highest BCUT2D eigenvalue weighted by molar-refractivity contribution is 7.80. The van der Waals surface area contributed by atoms with Gasteiger partial charge in [0.15, 0.2) is 0 Å². The number of rotatable bonds is 1. The third-order valence-electron chi connectivity index (χ3n) is 1.88. The lowest BCUT2D eigenvalue weighted by Crippen LogP contribution is -1.81. The average molecular weight is 212 g/mol. The first kappa shape index (κ1) is 8.87. The standard InChI is InChI=1S/C9H8O2S2/c10-3-5-1-6-8(12)4-13-9(6)7(11)2-5/h1-2,4,10-12H,3H2. The summed E-state index contributed by atoms with van der Waals surface area (Å²) in [6.45, 7) is -0.0629. The minimum Gasteiger partial charge on any atom is -0.506 e. The van der Waals surface area contributed by atoms with Gasteiger partial charge in [-0.1, -0.05) is 0 Å². The van der Waals surface area contributed by atoms with Gasteiger partial charge in [-0.25, -0.2) is 0 Å². The second kappa shape index (κ2) is 3.21. The van der Waals surface area contributed by atoms with Gasteiger partial charge < -0.3 is 10.2 Å². The molecular formula is C9H8O2S2. The van der Waals surface area contributed by atoms with Crippen molar-refractivity contribution < 1.29 is 10.2 Å². The summed E-state index contributed by atoms with van der Waals surface area (Å²) < 4.78 is 0.821. The molecule has 1 aromatic carbocycles. The number of hydrogen-bond donors (Lipinski definition) is 3. The van der Waals surface area contributed by atoms with Crippen molar-refractivity contribution in [2.24, 2.45) is 0 Å². The van der Waals surface area contributed by atoms with Gasteiger partial charge in [0.25, 0.3) is 0 Å². The van der Waals surface area contributed by atoms with Crippen LogP contribution in [0.3, 0.4) is 0 Å². The van der Waals surface area contributed by atoms with E-state index in [0.717, 1.165) is 15.0 Å². The monoisotopic (exact) mass is 212 g/mol. The molecule has 0 unspecified atom stereocenters. The highest BCUT2D eigenvalue weighted by Crippen LogP contribution is 2.35. The molecule has 2 N–H and O–H groups in total. The van der Waals surface area contributed by atoms with Crippen LogP contribution < -0.4 is 0 Å². The van der Waals surface area contributed by atoms with Gasteiger partial charge in [-0.2, -0.15) is 0 Å². The van der Waals surface area contributed by atoms with Gasteiger partial charge in [-0.05, 0) is 17.7 Å². The Bertz CT molecular complexity index is 448. The molecule has 0 amide bonds. The third kappa shape index (κ3) is 1.41. The fraction of sp³-hybridized carbons (Fsp3) is 0.111. The average Bonchev–Trinajstić information content (AvgIpc) is 2.48. The van der Waals surface area contributed by atoms with Gasteiger partial charge in [-0.3, -0.25) is 0 Å². The second-order valence-electron chi connectivity index (χ2n) is 2.77. The van der Waals surface area contributed by atoms with E-state index in [1.54, 1.807) is 6.07 Å². The summed E-state index contributed by atoms with van der Waals surface area (Å²) in [6.07, 6.45) is 0. The predicted molar refractivity (Wildman–Crippen MR) is 56.7 cm³/mol. The number of benzene rings is 1. The Balaban J connectivity index is 2.80. The topological polar surface area (TPSA) is 40.5 Å². The lowest BCUT2D eigenvalue weighted by molar-refractivity contribution is 0.281. The molecule has 0 bridgehead atoms. The quantitative estimate of drug-likeness (QED) is 0.635. The number of aliphatic hydroxyl groups is 1. The van der Waals surface area contributed by atoms with E-state index >= 15 is 0 Å². The summed E-state index contributed by atoms with van der Waals surface area (Å²) in [5.74, 6) is 0.215.